The number of aromatic nitrogens is 3. The predicted octanol–water partition coefficient (Wildman–Crippen LogP) is 4.60. The third-order valence-corrected chi connectivity index (χ3v) is 3.43. The maximum atomic E-state index is 5.44. The molecule has 1 heterocycles. The van der Waals surface area contributed by atoms with Gasteiger partial charge in [-0.05, 0) is 38.1 Å². The van der Waals surface area contributed by atoms with Gasteiger partial charge >= 0.3 is 0 Å². The van der Waals surface area contributed by atoms with Crippen LogP contribution >= 0.6 is 0 Å². The number of rotatable bonds is 6. The fraction of sp³-hybridized carbons (Fsp3) is 0.211. The molecule has 0 aliphatic heterocycles. The van der Waals surface area contributed by atoms with Crippen molar-refractivity contribution in [2.75, 3.05) is 17.7 Å². The number of nitrogens with zero attached hydrogens (tertiary/aromatic N) is 3. The highest BCUT2D eigenvalue weighted by atomic mass is 16.5. The van der Waals surface area contributed by atoms with Gasteiger partial charge in [0.2, 0.25) is 11.9 Å². The van der Waals surface area contributed by atoms with Gasteiger partial charge in [-0.15, -0.1) is 0 Å². The molecule has 3 rings (SSSR count). The Morgan fingerprint density at radius 2 is 1.56 bits per heavy atom. The molecule has 25 heavy (non-hydrogen) atoms. The van der Waals surface area contributed by atoms with Crippen molar-refractivity contribution in [2.45, 2.75) is 19.9 Å². The van der Waals surface area contributed by atoms with Crippen molar-refractivity contribution in [3.8, 4) is 17.1 Å². The molecule has 6 nitrogen and oxygen atoms in total. The average molecular weight is 339 g/mol. The van der Waals surface area contributed by atoms with E-state index in [1.54, 1.807) is 7.11 Å². The summed E-state index contributed by atoms with van der Waals surface area (Å²) in [5.74, 6) is 2.26. The molecule has 6 heteroatoms. The van der Waals surface area contributed by atoms with E-state index >= 15 is 0 Å². The van der Waals surface area contributed by atoms with Crippen LogP contribution in [0.1, 0.15) is 16.7 Å². The summed E-state index contributed by atoms with van der Waals surface area (Å²) in [4.78, 5) is 13.6. The van der Waals surface area contributed by atoms with Crippen LogP contribution in [0.25, 0.3) is 11.4 Å². The molecule has 0 saturated carbocycles. The second-order valence-corrected chi connectivity index (χ2v) is 5.80. The fourth-order valence-corrected chi connectivity index (χ4v) is 2.35. The van der Waals surface area contributed by atoms with Crippen molar-refractivity contribution in [1.29, 1.82) is 0 Å². The first kappa shape index (κ1) is 16.7. The SMILES string of the molecule is COc1ccccc1-c1nc(Nc2ccccc2)nc(NC(C)C)n1.[HH].[HH]. The molecule has 0 atom stereocenters. The van der Waals surface area contributed by atoms with Crippen molar-refractivity contribution < 1.29 is 7.59 Å². The quantitative estimate of drug-likeness (QED) is 0.683. The molecule has 0 unspecified atom stereocenters. The smallest absolute Gasteiger partial charge is 0.232 e. The van der Waals surface area contributed by atoms with E-state index in [4.69, 9.17) is 4.74 Å². The minimum absolute atomic E-state index is 0. The van der Waals surface area contributed by atoms with Gasteiger partial charge in [-0.1, -0.05) is 30.3 Å². The van der Waals surface area contributed by atoms with Crippen LogP contribution in [0, 0.1) is 0 Å². The molecule has 1 aromatic heterocycles. The molecular formula is C19H25N5O. The molecule has 0 aliphatic carbocycles. The zero-order chi connectivity index (χ0) is 17.6. The highest BCUT2D eigenvalue weighted by Gasteiger charge is 2.13. The number of benzene rings is 2. The molecule has 0 amide bonds. The topological polar surface area (TPSA) is 72.0 Å². The van der Waals surface area contributed by atoms with Crippen molar-refractivity contribution in [1.82, 2.24) is 15.0 Å². The van der Waals surface area contributed by atoms with Gasteiger partial charge in [-0.25, -0.2) is 0 Å². The lowest BCUT2D eigenvalue weighted by Crippen LogP contribution is -2.14. The van der Waals surface area contributed by atoms with E-state index in [2.05, 4.69) is 25.6 Å². The van der Waals surface area contributed by atoms with Crippen LogP contribution in [0.3, 0.4) is 0 Å². The molecule has 2 aromatic carbocycles. The van der Waals surface area contributed by atoms with Crippen LogP contribution < -0.4 is 15.4 Å². The van der Waals surface area contributed by atoms with Crippen LogP contribution in [0.2, 0.25) is 0 Å². The molecule has 0 fully saturated rings. The van der Waals surface area contributed by atoms with Gasteiger partial charge in [0.25, 0.3) is 0 Å². The molecule has 0 saturated heterocycles. The van der Waals surface area contributed by atoms with Gasteiger partial charge in [0.1, 0.15) is 5.75 Å². The van der Waals surface area contributed by atoms with Crippen LogP contribution in [-0.4, -0.2) is 28.1 Å². The Morgan fingerprint density at radius 3 is 2.28 bits per heavy atom. The van der Waals surface area contributed by atoms with Gasteiger partial charge in [0, 0.05) is 14.6 Å². The minimum atomic E-state index is 0. The van der Waals surface area contributed by atoms with E-state index < -0.39 is 0 Å². The van der Waals surface area contributed by atoms with Crippen molar-refractivity contribution >= 4 is 17.6 Å². The first-order chi connectivity index (χ1) is 12.2. The Kier molecular flexibility index (Phi) is 5.09. The lowest BCUT2D eigenvalue weighted by atomic mass is 10.2. The highest BCUT2D eigenvalue weighted by molar-refractivity contribution is 5.66. The summed E-state index contributed by atoms with van der Waals surface area (Å²) in [7, 11) is 1.64. The lowest BCUT2D eigenvalue weighted by Gasteiger charge is -2.13. The largest absolute Gasteiger partial charge is 0.496 e. The minimum Gasteiger partial charge on any atom is -0.496 e. The molecule has 3 aromatic rings. The summed E-state index contributed by atoms with van der Waals surface area (Å²) in [6, 6.07) is 17.7. The fourth-order valence-electron chi connectivity index (χ4n) is 2.35. The number of ether oxygens (including phenoxy) is 1. The highest BCUT2D eigenvalue weighted by Crippen LogP contribution is 2.28. The Bertz CT molecular complexity index is 847. The Balaban J connectivity index is 0.00000182. The molecule has 0 aliphatic rings. The monoisotopic (exact) mass is 339 g/mol. The van der Waals surface area contributed by atoms with Gasteiger partial charge in [0.15, 0.2) is 5.82 Å². The first-order valence-corrected chi connectivity index (χ1v) is 8.14. The summed E-state index contributed by atoms with van der Waals surface area (Å²) < 4.78 is 5.44. The van der Waals surface area contributed by atoms with Crippen molar-refractivity contribution in [2.24, 2.45) is 0 Å². The van der Waals surface area contributed by atoms with E-state index in [1.807, 2.05) is 68.4 Å². The third-order valence-electron chi connectivity index (χ3n) is 3.43. The van der Waals surface area contributed by atoms with E-state index in [1.165, 1.54) is 0 Å². The zero-order valence-electron chi connectivity index (χ0n) is 14.5. The summed E-state index contributed by atoms with van der Waals surface area (Å²) in [6.45, 7) is 4.08. The Labute approximate surface area is 150 Å². The second kappa shape index (κ2) is 7.61. The van der Waals surface area contributed by atoms with Crippen molar-refractivity contribution in [3.05, 3.63) is 54.6 Å². The van der Waals surface area contributed by atoms with E-state index in [0.29, 0.717) is 17.7 Å². The second-order valence-electron chi connectivity index (χ2n) is 5.80. The van der Waals surface area contributed by atoms with Crippen molar-refractivity contribution in [3.63, 3.8) is 0 Å². The molecule has 0 spiro atoms. The number of nitrogens with one attached hydrogen (secondary N) is 2. The zero-order valence-corrected chi connectivity index (χ0v) is 14.5. The molecule has 0 bridgehead atoms. The number of para-hydroxylation sites is 2. The molecule has 2 N–H and O–H groups in total. The van der Waals surface area contributed by atoms with E-state index in [9.17, 15) is 0 Å². The average Bonchev–Trinajstić information content (AvgIpc) is 2.61. The number of anilines is 3. The van der Waals surface area contributed by atoms with Crippen LogP contribution in [0.4, 0.5) is 17.6 Å². The summed E-state index contributed by atoms with van der Waals surface area (Å²) in [5.41, 5.74) is 1.73. The standard InChI is InChI=1S/C19H21N5O.2H2/c1-13(2)20-18-22-17(15-11-7-8-12-16(15)25-3)23-19(24-18)21-14-9-5-4-6-10-14;;/h4-13H,1-3H3,(H2,20,21,22,23,24);2*1H. The maximum Gasteiger partial charge on any atom is 0.232 e. The van der Waals surface area contributed by atoms with E-state index in [-0.39, 0.29) is 8.90 Å². The normalized spacial score (nSPS) is 10.6. The number of hydrogen-bond acceptors (Lipinski definition) is 6. The van der Waals surface area contributed by atoms with E-state index in [0.717, 1.165) is 17.0 Å². The maximum absolute atomic E-state index is 5.44. The van der Waals surface area contributed by atoms with Gasteiger partial charge in [-0.3, -0.25) is 0 Å². The van der Waals surface area contributed by atoms with Crippen LogP contribution in [0.15, 0.2) is 54.6 Å². The summed E-state index contributed by atoms with van der Waals surface area (Å²) in [6.07, 6.45) is 0. The van der Waals surface area contributed by atoms with Gasteiger partial charge in [0.05, 0.1) is 12.7 Å². The third kappa shape index (κ3) is 4.23. The number of methoxy groups -OCH3 is 1. The van der Waals surface area contributed by atoms with Crippen LogP contribution in [0.5, 0.6) is 5.75 Å². The Morgan fingerprint density at radius 1 is 0.880 bits per heavy atom. The molecule has 0 radical (unpaired) electrons. The Hall–Kier alpha value is -3.15. The van der Waals surface area contributed by atoms with Crippen LogP contribution in [-0.2, 0) is 0 Å². The predicted molar refractivity (Wildman–Crippen MR) is 105 cm³/mol. The summed E-state index contributed by atoms with van der Waals surface area (Å²) in [5, 5.41) is 6.46. The van der Waals surface area contributed by atoms with Gasteiger partial charge < -0.3 is 15.4 Å². The lowest BCUT2D eigenvalue weighted by molar-refractivity contribution is 0.416. The number of hydrogen-bond donors (Lipinski definition) is 2. The molecule has 132 valence electrons. The van der Waals surface area contributed by atoms with Gasteiger partial charge in [-0.2, -0.15) is 15.0 Å². The first-order valence-electron chi connectivity index (χ1n) is 8.14. The summed E-state index contributed by atoms with van der Waals surface area (Å²) >= 11 is 0. The molecular weight excluding hydrogens is 314 g/mol.